The van der Waals surface area contributed by atoms with Crippen molar-refractivity contribution in [3.05, 3.63) is 48.0 Å². The van der Waals surface area contributed by atoms with Gasteiger partial charge >= 0.3 is 24.0 Å². The molecular weight excluding hydrogens is 478 g/mol. The van der Waals surface area contributed by atoms with E-state index in [1.807, 2.05) is 24.3 Å². The quantitative estimate of drug-likeness (QED) is 0.425. The minimum atomic E-state index is -1.86. The van der Waals surface area contributed by atoms with Gasteiger partial charge in [-0.05, 0) is 85.2 Å². The third-order valence-corrected chi connectivity index (χ3v) is 4.49. The van der Waals surface area contributed by atoms with Gasteiger partial charge in [-0.25, -0.2) is 19.2 Å². The summed E-state index contributed by atoms with van der Waals surface area (Å²) in [5, 5.41) is 4.02. The van der Waals surface area contributed by atoms with Gasteiger partial charge in [0.15, 0.2) is 6.04 Å². The van der Waals surface area contributed by atoms with E-state index in [0.29, 0.717) is 0 Å². The van der Waals surface area contributed by atoms with Gasteiger partial charge < -0.3 is 24.3 Å². The van der Waals surface area contributed by atoms with Crippen molar-refractivity contribution in [1.82, 2.24) is 5.32 Å². The molecule has 202 valence electrons. The lowest BCUT2D eigenvalue weighted by Crippen LogP contribution is -2.56. The largest absolute Gasteiger partial charge is 0.458 e. The molecule has 0 heterocycles. The molecule has 37 heavy (non-hydrogen) atoms. The zero-order valence-corrected chi connectivity index (χ0v) is 23.0. The molecule has 2 atom stereocenters. The van der Waals surface area contributed by atoms with Crippen LogP contribution in [0.3, 0.4) is 0 Å². The van der Waals surface area contributed by atoms with Crippen molar-refractivity contribution in [3.8, 4) is 0 Å². The molecule has 0 aromatic heterocycles. The van der Waals surface area contributed by atoms with E-state index in [-0.39, 0.29) is 5.56 Å². The number of rotatable bonds is 6. The van der Waals surface area contributed by atoms with Crippen LogP contribution in [0.25, 0.3) is 10.8 Å². The molecular formula is C28H37NO8. The molecule has 9 nitrogen and oxygen atoms in total. The number of hydrogen-bond donors (Lipinski definition) is 1. The van der Waals surface area contributed by atoms with E-state index in [9.17, 15) is 19.2 Å². The average molecular weight is 516 g/mol. The standard InChI is InChI=1S/C28H37NO8/c1-26(2,3)35-23(31)20(29-25(33)37-28(7,8)9)21(24(32)36-27(4,5)6)34-22(30)19-15-14-17-12-10-11-13-18(17)16-19/h10-16,20-21H,1-9H3,(H,29,33). The van der Waals surface area contributed by atoms with Crippen LogP contribution >= 0.6 is 0 Å². The lowest BCUT2D eigenvalue weighted by Gasteiger charge is -2.31. The molecule has 0 aliphatic heterocycles. The summed E-state index contributed by atoms with van der Waals surface area (Å²) in [6, 6.07) is 10.5. The zero-order valence-electron chi connectivity index (χ0n) is 23.0. The van der Waals surface area contributed by atoms with Crippen LogP contribution in [0.15, 0.2) is 42.5 Å². The first-order valence-corrected chi connectivity index (χ1v) is 12.0. The molecule has 2 unspecified atom stereocenters. The summed E-state index contributed by atoms with van der Waals surface area (Å²) in [4.78, 5) is 52.2. The highest BCUT2D eigenvalue weighted by atomic mass is 16.6. The van der Waals surface area contributed by atoms with Crippen LogP contribution in [0, 0.1) is 0 Å². The molecule has 0 aliphatic carbocycles. The fourth-order valence-corrected chi connectivity index (χ4v) is 3.17. The summed E-state index contributed by atoms with van der Waals surface area (Å²) in [6.45, 7) is 14.7. The van der Waals surface area contributed by atoms with Gasteiger partial charge in [-0.3, -0.25) is 0 Å². The van der Waals surface area contributed by atoms with Crippen LogP contribution in [-0.4, -0.2) is 53.0 Å². The van der Waals surface area contributed by atoms with Gasteiger partial charge in [0.25, 0.3) is 0 Å². The van der Waals surface area contributed by atoms with Crippen molar-refractivity contribution in [1.29, 1.82) is 0 Å². The van der Waals surface area contributed by atoms with Crippen molar-refractivity contribution in [2.24, 2.45) is 0 Å². The monoisotopic (exact) mass is 515 g/mol. The van der Waals surface area contributed by atoms with E-state index in [1.165, 1.54) is 0 Å². The Morgan fingerprint density at radius 3 is 1.73 bits per heavy atom. The number of esters is 3. The van der Waals surface area contributed by atoms with Crippen molar-refractivity contribution >= 4 is 34.8 Å². The SMILES string of the molecule is CC(C)(C)OC(=O)NC(C(=O)OC(C)(C)C)C(OC(=O)c1ccc2ccccc2c1)C(=O)OC(C)(C)C. The maximum Gasteiger partial charge on any atom is 0.408 e. The van der Waals surface area contributed by atoms with Crippen LogP contribution in [-0.2, 0) is 28.5 Å². The molecule has 1 amide bonds. The van der Waals surface area contributed by atoms with Crippen LogP contribution in [0.2, 0.25) is 0 Å². The molecule has 0 saturated carbocycles. The van der Waals surface area contributed by atoms with Gasteiger partial charge in [0, 0.05) is 0 Å². The Kier molecular flexibility index (Phi) is 8.95. The zero-order chi connectivity index (χ0) is 28.2. The first-order chi connectivity index (χ1) is 16.8. The van der Waals surface area contributed by atoms with Gasteiger partial charge in [0.05, 0.1) is 5.56 Å². The maximum absolute atomic E-state index is 13.2. The van der Waals surface area contributed by atoms with E-state index < -0.39 is 53.0 Å². The van der Waals surface area contributed by atoms with E-state index in [2.05, 4.69) is 5.32 Å². The topological polar surface area (TPSA) is 117 Å². The summed E-state index contributed by atoms with van der Waals surface area (Å²) < 4.78 is 21.7. The fraction of sp³-hybridized carbons (Fsp3) is 0.500. The van der Waals surface area contributed by atoms with Crippen molar-refractivity contribution in [2.75, 3.05) is 0 Å². The molecule has 2 rings (SSSR count). The number of benzene rings is 2. The fourth-order valence-electron chi connectivity index (χ4n) is 3.17. The minimum Gasteiger partial charge on any atom is -0.458 e. The normalized spacial score (nSPS) is 13.8. The van der Waals surface area contributed by atoms with E-state index in [1.54, 1.807) is 80.5 Å². The minimum absolute atomic E-state index is 0.146. The number of ether oxygens (including phenoxy) is 4. The Morgan fingerprint density at radius 2 is 1.19 bits per heavy atom. The van der Waals surface area contributed by atoms with E-state index in [0.717, 1.165) is 10.8 Å². The number of alkyl carbamates (subject to hydrolysis) is 1. The smallest absolute Gasteiger partial charge is 0.408 e. The third-order valence-electron chi connectivity index (χ3n) is 4.49. The number of nitrogens with one attached hydrogen (secondary N) is 1. The van der Waals surface area contributed by atoms with Crippen LogP contribution < -0.4 is 5.32 Å². The number of amides is 1. The lowest BCUT2D eigenvalue weighted by molar-refractivity contribution is -0.175. The highest BCUT2D eigenvalue weighted by molar-refractivity contribution is 5.98. The van der Waals surface area contributed by atoms with E-state index >= 15 is 0 Å². The molecule has 9 heteroatoms. The van der Waals surface area contributed by atoms with Gasteiger partial charge in [-0.1, -0.05) is 30.3 Å². The Balaban J connectivity index is 2.48. The molecule has 1 N–H and O–H groups in total. The highest BCUT2D eigenvalue weighted by Gasteiger charge is 2.44. The second-order valence-electron chi connectivity index (χ2n) is 11.6. The van der Waals surface area contributed by atoms with Gasteiger partial charge in [-0.2, -0.15) is 0 Å². The van der Waals surface area contributed by atoms with Crippen LogP contribution in [0.5, 0.6) is 0 Å². The summed E-state index contributed by atoms with van der Waals surface area (Å²) in [5.74, 6) is -2.92. The summed E-state index contributed by atoms with van der Waals surface area (Å²) in [6.07, 6.45) is -2.86. The van der Waals surface area contributed by atoms with Crippen molar-refractivity contribution < 1.29 is 38.1 Å². The predicted octanol–water partition coefficient (Wildman–Crippen LogP) is 4.94. The molecule has 0 spiro atoms. The molecule has 0 aliphatic rings. The van der Waals surface area contributed by atoms with Gasteiger partial charge in [-0.15, -0.1) is 0 Å². The molecule has 0 saturated heterocycles. The van der Waals surface area contributed by atoms with Gasteiger partial charge in [0.1, 0.15) is 16.8 Å². The Labute approximate surface area is 217 Å². The summed E-state index contributed by atoms with van der Waals surface area (Å²) in [7, 11) is 0. The second-order valence-corrected chi connectivity index (χ2v) is 11.6. The predicted molar refractivity (Wildman–Crippen MR) is 138 cm³/mol. The Bertz CT molecular complexity index is 1150. The highest BCUT2D eigenvalue weighted by Crippen LogP contribution is 2.20. The van der Waals surface area contributed by atoms with Crippen molar-refractivity contribution in [2.45, 2.75) is 91.3 Å². The lowest BCUT2D eigenvalue weighted by atomic mass is 10.1. The molecule has 2 aromatic rings. The second kappa shape index (κ2) is 11.2. The van der Waals surface area contributed by atoms with Crippen LogP contribution in [0.4, 0.5) is 4.79 Å². The maximum atomic E-state index is 13.2. The number of carbonyl (C=O) groups excluding carboxylic acids is 4. The third kappa shape index (κ3) is 9.74. The van der Waals surface area contributed by atoms with Gasteiger partial charge in [0.2, 0.25) is 6.10 Å². The van der Waals surface area contributed by atoms with Crippen LogP contribution in [0.1, 0.15) is 72.7 Å². The Morgan fingerprint density at radius 1 is 0.676 bits per heavy atom. The average Bonchev–Trinajstić information content (AvgIpc) is 2.71. The number of carbonyl (C=O) groups is 4. The number of fused-ring (bicyclic) bond motifs is 1. The first-order valence-electron chi connectivity index (χ1n) is 12.0. The van der Waals surface area contributed by atoms with Crippen molar-refractivity contribution in [3.63, 3.8) is 0 Å². The molecule has 0 bridgehead atoms. The van der Waals surface area contributed by atoms with E-state index in [4.69, 9.17) is 18.9 Å². The Hall–Kier alpha value is -3.62. The molecule has 2 aromatic carbocycles. The summed E-state index contributed by atoms with van der Waals surface area (Å²) in [5.41, 5.74) is -2.69. The molecule has 0 fully saturated rings. The first kappa shape index (κ1) is 29.6. The summed E-state index contributed by atoms with van der Waals surface area (Å²) >= 11 is 0. The molecule has 0 radical (unpaired) electrons. The number of hydrogen-bond acceptors (Lipinski definition) is 8.